The van der Waals surface area contributed by atoms with Gasteiger partial charge in [-0.3, -0.25) is 0 Å². The lowest BCUT2D eigenvalue weighted by atomic mass is 10.2. The Labute approximate surface area is 104 Å². The fraction of sp³-hybridized carbons (Fsp3) is 0.500. The van der Waals surface area contributed by atoms with Crippen LogP contribution in [-0.4, -0.2) is 30.6 Å². The number of nitriles is 1. The second-order valence-corrected chi connectivity index (χ2v) is 4.38. The van der Waals surface area contributed by atoms with E-state index < -0.39 is 0 Å². The predicted molar refractivity (Wildman–Crippen MR) is 67.3 cm³/mol. The van der Waals surface area contributed by atoms with E-state index in [9.17, 15) is 0 Å². The molecule has 0 spiro atoms. The first-order valence-corrected chi connectivity index (χ1v) is 5.68. The van der Waals surface area contributed by atoms with Crippen molar-refractivity contribution in [2.75, 3.05) is 30.9 Å². The highest BCUT2D eigenvalue weighted by Crippen LogP contribution is 2.23. The molecule has 6 heteroatoms. The molecule has 86 valence electrons. The highest BCUT2D eigenvalue weighted by Gasteiger charge is 2.12. The first-order chi connectivity index (χ1) is 7.58. The van der Waals surface area contributed by atoms with E-state index in [1.165, 1.54) is 0 Å². The molecule has 0 saturated carbocycles. The predicted octanol–water partition coefficient (Wildman–Crippen LogP) is 1.88. The van der Waals surface area contributed by atoms with Crippen LogP contribution in [0.5, 0.6) is 0 Å². The number of nitrogens with one attached hydrogen (secondary N) is 1. The van der Waals surface area contributed by atoms with Crippen molar-refractivity contribution in [3.8, 4) is 6.07 Å². The summed E-state index contributed by atoms with van der Waals surface area (Å²) in [4.78, 5) is 10.3. The molecule has 0 aliphatic rings. The van der Waals surface area contributed by atoms with Crippen molar-refractivity contribution < 1.29 is 0 Å². The highest BCUT2D eigenvalue weighted by molar-refractivity contribution is 9.10. The zero-order chi connectivity index (χ0) is 12.1. The van der Waals surface area contributed by atoms with Crippen LogP contribution in [0.3, 0.4) is 0 Å². The smallest absolute Gasteiger partial charge is 0.224 e. The van der Waals surface area contributed by atoms with Gasteiger partial charge >= 0.3 is 0 Å². The normalized spacial score (nSPS) is 11.7. The summed E-state index contributed by atoms with van der Waals surface area (Å²) in [6, 6.07) is 2.20. The molecular formula is C10H14BrN5. The lowest BCUT2D eigenvalue weighted by molar-refractivity contribution is 0.708. The Morgan fingerprint density at radius 2 is 2.38 bits per heavy atom. The van der Waals surface area contributed by atoms with Gasteiger partial charge in [0, 0.05) is 26.8 Å². The standard InChI is InChI=1S/C10H14BrN5/c1-7(4-12)6-16(3)9-8(11)5-14-10(13-2)15-9/h5,7H,6H2,1-3H3,(H,13,14,15). The molecule has 1 rings (SSSR count). The van der Waals surface area contributed by atoms with Gasteiger partial charge in [-0.25, -0.2) is 4.98 Å². The highest BCUT2D eigenvalue weighted by atomic mass is 79.9. The van der Waals surface area contributed by atoms with E-state index in [4.69, 9.17) is 5.26 Å². The molecule has 0 amide bonds. The van der Waals surface area contributed by atoms with Crippen LogP contribution in [0.15, 0.2) is 10.7 Å². The van der Waals surface area contributed by atoms with Gasteiger partial charge in [0.2, 0.25) is 5.95 Å². The van der Waals surface area contributed by atoms with E-state index in [0.29, 0.717) is 12.5 Å². The van der Waals surface area contributed by atoms with Crippen molar-refractivity contribution in [3.63, 3.8) is 0 Å². The maximum atomic E-state index is 8.77. The minimum atomic E-state index is -0.0371. The van der Waals surface area contributed by atoms with Crippen molar-refractivity contribution in [3.05, 3.63) is 10.7 Å². The summed E-state index contributed by atoms with van der Waals surface area (Å²) < 4.78 is 0.819. The zero-order valence-corrected chi connectivity index (χ0v) is 11.1. The molecule has 0 aromatic carbocycles. The lowest BCUT2D eigenvalue weighted by Crippen LogP contribution is -2.24. The maximum absolute atomic E-state index is 8.77. The molecule has 0 radical (unpaired) electrons. The van der Waals surface area contributed by atoms with Gasteiger partial charge in [-0.2, -0.15) is 10.2 Å². The summed E-state index contributed by atoms with van der Waals surface area (Å²) in [6.07, 6.45) is 1.70. The van der Waals surface area contributed by atoms with Gasteiger partial charge in [0.15, 0.2) is 0 Å². The minimum absolute atomic E-state index is 0.0371. The Morgan fingerprint density at radius 1 is 1.69 bits per heavy atom. The molecule has 1 unspecified atom stereocenters. The fourth-order valence-corrected chi connectivity index (χ4v) is 1.78. The molecule has 1 aromatic rings. The molecule has 16 heavy (non-hydrogen) atoms. The molecule has 0 fully saturated rings. The number of hydrogen-bond donors (Lipinski definition) is 1. The Bertz CT molecular complexity index is 401. The van der Waals surface area contributed by atoms with Crippen molar-refractivity contribution >= 4 is 27.7 Å². The topological polar surface area (TPSA) is 64.8 Å². The van der Waals surface area contributed by atoms with E-state index in [-0.39, 0.29) is 5.92 Å². The molecule has 0 bridgehead atoms. The monoisotopic (exact) mass is 283 g/mol. The van der Waals surface area contributed by atoms with Gasteiger partial charge < -0.3 is 10.2 Å². The third kappa shape index (κ3) is 3.07. The van der Waals surface area contributed by atoms with Crippen LogP contribution in [0.2, 0.25) is 0 Å². The third-order valence-corrected chi connectivity index (χ3v) is 2.64. The van der Waals surface area contributed by atoms with Gasteiger partial charge in [-0.05, 0) is 22.9 Å². The van der Waals surface area contributed by atoms with E-state index in [0.717, 1.165) is 10.3 Å². The van der Waals surface area contributed by atoms with Crippen LogP contribution in [0.4, 0.5) is 11.8 Å². The number of anilines is 2. The zero-order valence-electron chi connectivity index (χ0n) is 9.53. The van der Waals surface area contributed by atoms with Crippen molar-refractivity contribution in [2.24, 2.45) is 5.92 Å². The Balaban J connectivity index is 2.90. The first-order valence-electron chi connectivity index (χ1n) is 4.89. The van der Waals surface area contributed by atoms with Crippen molar-refractivity contribution in [1.29, 1.82) is 5.26 Å². The number of halogens is 1. The molecule has 1 heterocycles. The Hall–Kier alpha value is -1.35. The summed E-state index contributed by atoms with van der Waals surface area (Å²) in [5.41, 5.74) is 0. The number of rotatable bonds is 4. The number of hydrogen-bond acceptors (Lipinski definition) is 5. The number of aromatic nitrogens is 2. The molecule has 0 aliphatic heterocycles. The van der Waals surface area contributed by atoms with E-state index >= 15 is 0 Å². The third-order valence-electron chi connectivity index (χ3n) is 2.08. The first kappa shape index (κ1) is 12.7. The van der Waals surface area contributed by atoms with Crippen molar-refractivity contribution in [1.82, 2.24) is 9.97 Å². The van der Waals surface area contributed by atoms with Crippen LogP contribution >= 0.6 is 15.9 Å². The fourth-order valence-electron chi connectivity index (χ4n) is 1.28. The average Bonchev–Trinajstić information content (AvgIpc) is 2.29. The summed E-state index contributed by atoms with van der Waals surface area (Å²) in [5, 5.41) is 11.6. The Morgan fingerprint density at radius 3 is 2.94 bits per heavy atom. The van der Waals surface area contributed by atoms with Gasteiger partial charge in [-0.15, -0.1) is 0 Å². The molecular weight excluding hydrogens is 270 g/mol. The Kier molecular flexibility index (Phi) is 4.50. The molecule has 5 nitrogen and oxygen atoms in total. The molecule has 0 aliphatic carbocycles. The van der Waals surface area contributed by atoms with Crippen LogP contribution < -0.4 is 10.2 Å². The summed E-state index contributed by atoms with van der Waals surface area (Å²) in [7, 11) is 3.67. The molecule has 0 saturated heterocycles. The van der Waals surface area contributed by atoms with Crippen LogP contribution in [0, 0.1) is 17.2 Å². The van der Waals surface area contributed by atoms with E-state index in [2.05, 4.69) is 37.3 Å². The van der Waals surface area contributed by atoms with Crippen molar-refractivity contribution in [2.45, 2.75) is 6.92 Å². The van der Waals surface area contributed by atoms with Gasteiger partial charge in [0.05, 0.1) is 16.5 Å². The van der Waals surface area contributed by atoms with Crippen LogP contribution in [-0.2, 0) is 0 Å². The maximum Gasteiger partial charge on any atom is 0.224 e. The van der Waals surface area contributed by atoms with Crippen LogP contribution in [0.1, 0.15) is 6.92 Å². The summed E-state index contributed by atoms with van der Waals surface area (Å²) >= 11 is 3.39. The number of nitrogens with zero attached hydrogens (tertiary/aromatic N) is 4. The van der Waals surface area contributed by atoms with Gasteiger partial charge in [0.1, 0.15) is 5.82 Å². The summed E-state index contributed by atoms with van der Waals surface area (Å²) in [6.45, 7) is 2.51. The molecule has 1 atom stereocenters. The average molecular weight is 284 g/mol. The second kappa shape index (κ2) is 5.66. The summed E-state index contributed by atoms with van der Waals surface area (Å²) in [5.74, 6) is 1.31. The molecule has 1 N–H and O–H groups in total. The minimum Gasteiger partial charge on any atom is -0.357 e. The largest absolute Gasteiger partial charge is 0.357 e. The van der Waals surface area contributed by atoms with Crippen LogP contribution in [0.25, 0.3) is 0 Å². The van der Waals surface area contributed by atoms with E-state index in [1.807, 2.05) is 18.9 Å². The lowest BCUT2D eigenvalue weighted by Gasteiger charge is -2.20. The van der Waals surface area contributed by atoms with Gasteiger partial charge in [-0.1, -0.05) is 0 Å². The second-order valence-electron chi connectivity index (χ2n) is 3.53. The quantitative estimate of drug-likeness (QED) is 0.914. The van der Waals surface area contributed by atoms with E-state index in [1.54, 1.807) is 13.2 Å². The SMILES string of the molecule is CNc1ncc(Br)c(N(C)CC(C)C#N)n1. The molecule has 1 aromatic heterocycles. The van der Waals surface area contributed by atoms with Gasteiger partial charge in [0.25, 0.3) is 0 Å².